The maximum Gasteiger partial charge on any atom is 0.407 e. The average Bonchev–Trinajstić information content (AvgIpc) is 3.20. The molecule has 11 nitrogen and oxygen atoms in total. The van der Waals surface area contributed by atoms with Gasteiger partial charge in [0.15, 0.2) is 0 Å². The number of pyridine rings is 1. The van der Waals surface area contributed by atoms with E-state index < -0.39 is 18.2 Å². The number of piperidine rings is 3. The monoisotopic (exact) mass is 740 g/mol. The van der Waals surface area contributed by atoms with Gasteiger partial charge in [0.2, 0.25) is 5.56 Å². The Balaban J connectivity index is 0.889. The summed E-state index contributed by atoms with van der Waals surface area (Å²) < 4.78 is 17.7. The van der Waals surface area contributed by atoms with E-state index in [1.54, 1.807) is 19.2 Å². The Morgan fingerprint density at radius 1 is 0.907 bits per heavy atom. The number of methoxy groups -OCH3 is 1. The number of aliphatic hydroxyl groups is 1. The molecule has 11 heteroatoms. The van der Waals surface area contributed by atoms with Crippen LogP contribution in [0.1, 0.15) is 86.6 Å². The van der Waals surface area contributed by atoms with E-state index in [1.165, 1.54) is 25.0 Å². The molecule has 3 fully saturated rings. The number of phenols is 1. The standard InChI is InChI=1S/C43H56N4O7/c1-52-34-24-32(41(31-12-8-7-9-13-31)46-43(51)54-29-33-28-47-21-18-30(33)19-22-47)25-35(26-34)53-23-11-6-4-2-3-5-10-20-44-27-39(49)36-14-16-38(48)42-37(36)15-17-40(50)45-42/h7-9,12-17,24-26,30,33,39,41,44,48-49H,2-6,10-11,18-23,27-29H2,1H3,(H,45,50)(H,46,51)/t33-,39+,41?/m1/s1. The molecule has 4 aromatic rings. The molecule has 2 bridgehead atoms. The summed E-state index contributed by atoms with van der Waals surface area (Å²) in [4.78, 5) is 29.9. The average molecular weight is 741 g/mol. The lowest BCUT2D eigenvalue weighted by atomic mass is 9.79. The molecule has 3 saturated heterocycles. The van der Waals surface area contributed by atoms with Crippen LogP contribution in [0.25, 0.3) is 10.9 Å². The number of benzene rings is 3. The first-order valence-corrected chi connectivity index (χ1v) is 19.6. The zero-order valence-corrected chi connectivity index (χ0v) is 31.4. The summed E-state index contributed by atoms with van der Waals surface area (Å²) >= 11 is 0. The molecule has 290 valence electrons. The minimum atomic E-state index is -0.750. The molecular weight excluding hydrogens is 684 g/mol. The summed E-state index contributed by atoms with van der Waals surface area (Å²) in [6.45, 7) is 5.57. The van der Waals surface area contributed by atoms with Crippen molar-refractivity contribution < 1.29 is 29.2 Å². The van der Waals surface area contributed by atoms with E-state index in [2.05, 4.69) is 20.5 Å². The molecule has 3 aliphatic rings. The highest BCUT2D eigenvalue weighted by Crippen LogP contribution is 2.34. The molecular formula is C43H56N4O7. The van der Waals surface area contributed by atoms with Gasteiger partial charge in [-0.2, -0.15) is 0 Å². The van der Waals surface area contributed by atoms with E-state index >= 15 is 0 Å². The molecule has 0 radical (unpaired) electrons. The number of ether oxygens (including phenoxy) is 3. The van der Waals surface area contributed by atoms with Gasteiger partial charge >= 0.3 is 6.09 Å². The van der Waals surface area contributed by atoms with Crippen molar-refractivity contribution in [1.82, 2.24) is 20.5 Å². The topological polar surface area (TPSA) is 145 Å². The number of nitrogens with one attached hydrogen (secondary N) is 3. The minimum absolute atomic E-state index is 0.0128. The van der Waals surface area contributed by atoms with Crippen molar-refractivity contribution in [3.05, 3.63) is 99.8 Å². The smallest absolute Gasteiger partial charge is 0.407 e. The van der Waals surface area contributed by atoms with Crippen LogP contribution >= 0.6 is 0 Å². The number of hydrogen-bond acceptors (Lipinski definition) is 9. The second-order valence-corrected chi connectivity index (χ2v) is 14.8. The van der Waals surface area contributed by atoms with E-state index in [-0.39, 0.29) is 11.3 Å². The van der Waals surface area contributed by atoms with Crippen molar-refractivity contribution in [3.63, 3.8) is 0 Å². The van der Waals surface area contributed by atoms with Gasteiger partial charge in [0, 0.05) is 36.5 Å². The molecule has 0 spiro atoms. The molecule has 1 amide bonds. The van der Waals surface area contributed by atoms with Crippen LogP contribution < -0.4 is 25.7 Å². The molecule has 5 N–H and O–H groups in total. The highest BCUT2D eigenvalue weighted by atomic mass is 16.5. The van der Waals surface area contributed by atoms with Crippen LogP contribution in [0.15, 0.2) is 77.6 Å². The fourth-order valence-corrected chi connectivity index (χ4v) is 7.91. The zero-order chi connectivity index (χ0) is 37.7. The Kier molecular flexibility index (Phi) is 14.2. The van der Waals surface area contributed by atoms with E-state index in [0.717, 1.165) is 82.3 Å². The van der Waals surface area contributed by atoms with Gasteiger partial charge in [-0.1, -0.05) is 68.5 Å². The fraction of sp³-hybridized carbons (Fsp3) is 0.488. The van der Waals surface area contributed by atoms with Crippen molar-refractivity contribution in [3.8, 4) is 17.2 Å². The number of hydrogen-bond donors (Lipinski definition) is 5. The number of unbranched alkanes of at least 4 members (excludes halogenated alkanes) is 6. The van der Waals surface area contributed by atoms with Crippen molar-refractivity contribution in [2.75, 3.05) is 53.0 Å². The van der Waals surface area contributed by atoms with Crippen molar-refractivity contribution >= 4 is 17.0 Å². The van der Waals surface area contributed by atoms with Crippen LogP contribution in [0.3, 0.4) is 0 Å². The van der Waals surface area contributed by atoms with Gasteiger partial charge in [-0.15, -0.1) is 0 Å². The number of carbonyl (C=O) groups is 1. The molecule has 54 heavy (non-hydrogen) atoms. The maximum atomic E-state index is 13.2. The number of rotatable bonds is 20. The maximum absolute atomic E-state index is 13.2. The Bertz CT molecular complexity index is 1840. The minimum Gasteiger partial charge on any atom is -0.506 e. The predicted molar refractivity (Wildman–Crippen MR) is 210 cm³/mol. The third kappa shape index (κ3) is 10.8. The van der Waals surface area contributed by atoms with Crippen molar-refractivity contribution in [2.45, 2.75) is 69.9 Å². The van der Waals surface area contributed by atoms with Gasteiger partial charge in [-0.25, -0.2) is 4.79 Å². The predicted octanol–water partition coefficient (Wildman–Crippen LogP) is 6.83. The van der Waals surface area contributed by atoms with Crippen LogP contribution in [0.5, 0.6) is 17.2 Å². The lowest BCUT2D eigenvalue weighted by molar-refractivity contribution is 0.0123. The molecule has 1 unspecified atom stereocenters. The van der Waals surface area contributed by atoms with Gasteiger partial charge in [0.05, 0.1) is 38.0 Å². The molecule has 3 atom stereocenters. The van der Waals surface area contributed by atoms with Crippen LogP contribution in [-0.4, -0.2) is 79.2 Å². The number of aromatic hydroxyl groups is 1. The number of carbonyl (C=O) groups excluding carboxylic acids is 1. The van der Waals surface area contributed by atoms with Gasteiger partial charge in [0.1, 0.15) is 17.2 Å². The molecule has 0 saturated carbocycles. The van der Waals surface area contributed by atoms with Gasteiger partial charge < -0.3 is 44.9 Å². The van der Waals surface area contributed by atoms with Gasteiger partial charge in [-0.05, 0) is 92.2 Å². The Labute approximate surface area is 318 Å². The second-order valence-electron chi connectivity index (χ2n) is 14.8. The Hall–Kier alpha value is -4.58. The molecule has 0 aliphatic carbocycles. The number of aliphatic hydroxyl groups excluding tert-OH is 1. The molecule has 4 heterocycles. The number of fused-ring (bicyclic) bond motifs is 4. The summed E-state index contributed by atoms with van der Waals surface area (Å²) in [7, 11) is 1.64. The molecule has 3 aromatic carbocycles. The first kappa shape index (κ1) is 39.1. The summed E-state index contributed by atoms with van der Waals surface area (Å²) in [5.74, 6) is 2.40. The van der Waals surface area contributed by atoms with E-state index in [0.29, 0.717) is 59.6 Å². The van der Waals surface area contributed by atoms with Gasteiger partial charge in [0.25, 0.3) is 0 Å². The van der Waals surface area contributed by atoms with E-state index in [4.69, 9.17) is 14.2 Å². The van der Waals surface area contributed by atoms with Gasteiger partial charge in [-0.3, -0.25) is 4.79 Å². The van der Waals surface area contributed by atoms with E-state index in [9.17, 15) is 19.8 Å². The number of amides is 1. The second kappa shape index (κ2) is 19.7. The van der Waals surface area contributed by atoms with Crippen LogP contribution in [0.4, 0.5) is 4.79 Å². The number of nitrogens with zero attached hydrogens (tertiary/aromatic N) is 1. The van der Waals surface area contributed by atoms with E-state index in [1.807, 2.05) is 48.5 Å². The summed E-state index contributed by atoms with van der Waals surface area (Å²) in [6, 6.07) is 21.5. The molecule has 7 rings (SSSR count). The summed E-state index contributed by atoms with van der Waals surface area (Å²) in [5, 5.41) is 27.9. The quantitative estimate of drug-likeness (QED) is 0.0616. The third-order valence-corrected chi connectivity index (χ3v) is 11.0. The highest BCUT2D eigenvalue weighted by Gasteiger charge is 2.35. The fourth-order valence-electron chi connectivity index (χ4n) is 7.91. The largest absolute Gasteiger partial charge is 0.506 e. The first-order valence-electron chi connectivity index (χ1n) is 19.6. The Morgan fingerprint density at radius 3 is 2.39 bits per heavy atom. The SMILES string of the molecule is COc1cc(OCCCCCCCCCNC[C@H](O)c2ccc(O)c3[nH]c(=O)ccc23)cc(C(NC(=O)OC[C@H]2CN3CCC2CC3)c2ccccc2)c1. The van der Waals surface area contributed by atoms with Crippen LogP contribution in [0.2, 0.25) is 0 Å². The summed E-state index contributed by atoms with van der Waals surface area (Å²) in [6.07, 6.45) is 8.81. The molecule has 3 aliphatic heterocycles. The lowest BCUT2D eigenvalue weighted by Gasteiger charge is -2.44. The third-order valence-electron chi connectivity index (χ3n) is 11.0. The van der Waals surface area contributed by atoms with Crippen LogP contribution in [-0.2, 0) is 4.74 Å². The number of aromatic amines is 1. The highest BCUT2D eigenvalue weighted by molar-refractivity contribution is 5.87. The van der Waals surface area contributed by atoms with Crippen molar-refractivity contribution in [1.29, 1.82) is 0 Å². The van der Waals surface area contributed by atoms with Crippen LogP contribution in [0, 0.1) is 11.8 Å². The number of phenolic OH excluding ortho intramolecular Hbond substituents is 1. The zero-order valence-electron chi connectivity index (χ0n) is 31.4. The number of aromatic nitrogens is 1. The van der Waals surface area contributed by atoms with Crippen molar-refractivity contribution in [2.24, 2.45) is 11.8 Å². The number of H-pyrrole nitrogens is 1. The molecule has 1 aromatic heterocycles. The normalized spacial score (nSPS) is 19.0. The number of alkyl carbamates (subject to hydrolysis) is 1. The summed E-state index contributed by atoms with van der Waals surface area (Å²) in [5.41, 5.74) is 2.53. The lowest BCUT2D eigenvalue weighted by Crippen LogP contribution is -2.49. The first-order chi connectivity index (χ1) is 26.4. The Morgan fingerprint density at radius 2 is 1.65 bits per heavy atom.